The van der Waals surface area contributed by atoms with Crippen LogP contribution in [0.3, 0.4) is 0 Å². The monoisotopic (exact) mass is 559 g/mol. The molecule has 7 aliphatic rings. The van der Waals surface area contributed by atoms with Gasteiger partial charge in [-0.05, 0) is 62.2 Å². The van der Waals surface area contributed by atoms with E-state index in [1.165, 1.54) is 7.05 Å². The molecule has 0 amide bonds. The molecule has 9 atom stereocenters. The fraction of sp³-hybridized carbons (Fsp3) is 0.821. The maximum Gasteiger partial charge on any atom is 0.336 e. The van der Waals surface area contributed by atoms with Gasteiger partial charge < -0.3 is 18.9 Å². The lowest BCUT2D eigenvalue weighted by Gasteiger charge is -2.47. The van der Waals surface area contributed by atoms with Gasteiger partial charge in [0, 0.05) is 45.3 Å². The molecule has 4 saturated carbocycles. The van der Waals surface area contributed by atoms with Crippen LogP contribution in [0, 0.1) is 29.6 Å². The summed E-state index contributed by atoms with van der Waals surface area (Å²) in [5.41, 5.74) is -2.28. The minimum atomic E-state index is -0.742. The molecule has 40 heavy (non-hydrogen) atoms. The molecule has 218 valence electrons. The Morgan fingerprint density at radius 2 is 1.50 bits per heavy atom. The first-order valence-electron chi connectivity index (χ1n) is 14.8. The van der Waals surface area contributed by atoms with E-state index in [2.05, 4.69) is 0 Å². The Morgan fingerprint density at radius 1 is 0.850 bits per heavy atom. The first-order chi connectivity index (χ1) is 19.2. The van der Waals surface area contributed by atoms with Crippen molar-refractivity contribution >= 4 is 11.9 Å². The van der Waals surface area contributed by atoms with Crippen LogP contribution >= 0.6 is 0 Å². The third-order valence-corrected chi connectivity index (χ3v) is 10.6. The van der Waals surface area contributed by atoms with Gasteiger partial charge >= 0.3 is 29.0 Å². The molecule has 1 aromatic rings. The minimum Gasteiger partial charge on any atom is -0.465 e. The van der Waals surface area contributed by atoms with Gasteiger partial charge in [-0.3, -0.25) is 9.59 Å². The molecule has 0 radical (unpaired) electrons. The van der Waals surface area contributed by atoms with Crippen LogP contribution in [0.25, 0.3) is 0 Å². The van der Waals surface area contributed by atoms with Gasteiger partial charge in [0.05, 0.1) is 37.1 Å². The predicted molar refractivity (Wildman–Crippen MR) is 137 cm³/mol. The van der Waals surface area contributed by atoms with E-state index >= 15 is 0 Å². The van der Waals surface area contributed by atoms with Crippen molar-refractivity contribution in [2.45, 2.75) is 94.8 Å². The number of rotatable bonds is 12. The van der Waals surface area contributed by atoms with Crippen LogP contribution in [0.2, 0.25) is 0 Å². The number of carbonyl (C=O) groups is 2. The van der Waals surface area contributed by atoms with Crippen molar-refractivity contribution in [3.63, 3.8) is 0 Å². The number of aromatic nitrogens is 3. The third kappa shape index (κ3) is 4.29. The molecule has 9 unspecified atom stereocenters. The van der Waals surface area contributed by atoms with E-state index in [9.17, 15) is 24.0 Å². The molecule has 0 aromatic carbocycles. The second-order valence-corrected chi connectivity index (χ2v) is 12.8. The highest BCUT2D eigenvalue weighted by atomic mass is 16.6. The Hall–Kier alpha value is -2.73. The van der Waals surface area contributed by atoms with Crippen LogP contribution in [0.5, 0.6) is 0 Å². The highest BCUT2D eigenvalue weighted by molar-refractivity contribution is 5.69. The van der Waals surface area contributed by atoms with E-state index in [-0.39, 0.29) is 62.2 Å². The topological polar surface area (TPSA) is 140 Å². The van der Waals surface area contributed by atoms with Crippen LogP contribution in [0.4, 0.5) is 0 Å². The second-order valence-electron chi connectivity index (χ2n) is 12.8. The van der Waals surface area contributed by atoms with E-state index in [4.69, 9.17) is 18.9 Å². The van der Waals surface area contributed by atoms with Crippen LogP contribution in [-0.4, -0.2) is 62.8 Å². The van der Waals surface area contributed by atoms with Gasteiger partial charge in [-0.15, -0.1) is 0 Å². The first kappa shape index (κ1) is 26.2. The molecule has 7 fully saturated rings. The van der Waals surface area contributed by atoms with Crippen LogP contribution in [-0.2, 0) is 48.7 Å². The molecular formula is C28H37N3O9. The molecule has 4 aliphatic carbocycles. The van der Waals surface area contributed by atoms with Crippen molar-refractivity contribution in [1.29, 1.82) is 0 Å². The number of hydrogen-bond donors (Lipinski definition) is 0. The maximum atomic E-state index is 13.0. The summed E-state index contributed by atoms with van der Waals surface area (Å²) in [6.45, 7) is 0.701. The third-order valence-electron chi connectivity index (χ3n) is 10.6. The Labute approximate surface area is 230 Å². The van der Waals surface area contributed by atoms with E-state index in [0.29, 0.717) is 55.2 Å². The molecule has 1 aromatic heterocycles. The summed E-state index contributed by atoms with van der Waals surface area (Å²) in [5.74, 6) is 1.57. The van der Waals surface area contributed by atoms with Crippen LogP contribution in [0.15, 0.2) is 14.4 Å². The highest BCUT2D eigenvalue weighted by Crippen LogP contribution is 2.63. The Bertz CT molecular complexity index is 1390. The van der Waals surface area contributed by atoms with Crippen molar-refractivity contribution in [3.05, 3.63) is 31.5 Å². The average Bonchev–Trinajstić information content (AvgIpc) is 3.26. The highest BCUT2D eigenvalue weighted by Gasteiger charge is 2.67. The molecule has 0 N–H and O–H groups in total. The smallest absolute Gasteiger partial charge is 0.336 e. The van der Waals surface area contributed by atoms with Gasteiger partial charge in [-0.2, -0.15) is 0 Å². The molecule has 12 nitrogen and oxygen atoms in total. The van der Waals surface area contributed by atoms with Crippen molar-refractivity contribution in [1.82, 2.24) is 13.7 Å². The largest absolute Gasteiger partial charge is 0.465 e. The molecule has 3 saturated heterocycles. The zero-order valence-corrected chi connectivity index (χ0v) is 22.8. The van der Waals surface area contributed by atoms with Gasteiger partial charge in [0.2, 0.25) is 0 Å². The van der Waals surface area contributed by atoms with Crippen LogP contribution < -0.4 is 17.1 Å². The van der Waals surface area contributed by atoms with E-state index in [1.54, 1.807) is 0 Å². The number of epoxide rings is 1. The van der Waals surface area contributed by atoms with Crippen LogP contribution in [0.1, 0.15) is 57.8 Å². The summed E-state index contributed by atoms with van der Waals surface area (Å²) >= 11 is 0. The van der Waals surface area contributed by atoms with Gasteiger partial charge in [0.25, 0.3) is 0 Å². The van der Waals surface area contributed by atoms with Gasteiger partial charge in [-0.1, -0.05) is 0 Å². The number of esters is 2. The molecule has 8 rings (SSSR count). The van der Waals surface area contributed by atoms with Crippen molar-refractivity contribution in [3.8, 4) is 0 Å². The fourth-order valence-corrected chi connectivity index (χ4v) is 8.43. The molecule has 1 spiro atoms. The zero-order valence-electron chi connectivity index (χ0n) is 22.8. The number of ether oxygens (including phenoxy) is 4. The predicted octanol–water partition coefficient (Wildman–Crippen LogP) is 0.346. The number of fused-ring (bicyclic) bond motifs is 5. The number of carbonyl (C=O) groups excluding carboxylic acids is 2. The summed E-state index contributed by atoms with van der Waals surface area (Å²) < 4.78 is 25.4. The summed E-state index contributed by atoms with van der Waals surface area (Å²) in [6, 6.07) is 0. The van der Waals surface area contributed by atoms with E-state index < -0.39 is 17.1 Å². The fourth-order valence-electron chi connectivity index (χ4n) is 8.43. The summed E-state index contributed by atoms with van der Waals surface area (Å²) in [5, 5.41) is 0. The Morgan fingerprint density at radius 3 is 2.05 bits per heavy atom. The maximum absolute atomic E-state index is 13.0. The summed E-state index contributed by atoms with van der Waals surface area (Å²) in [7, 11) is 1.31. The minimum absolute atomic E-state index is 0.0122. The molecule has 3 aliphatic heterocycles. The van der Waals surface area contributed by atoms with Crippen molar-refractivity contribution in [2.75, 3.05) is 13.2 Å². The number of nitrogens with zero attached hydrogens (tertiary/aromatic N) is 3. The van der Waals surface area contributed by atoms with Crippen molar-refractivity contribution < 1.29 is 28.5 Å². The lowest BCUT2D eigenvalue weighted by Crippen LogP contribution is -2.53. The van der Waals surface area contributed by atoms with Gasteiger partial charge in [-0.25, -0.2) is 28.1 Å². The second kappa shape index (κ2) is 9.68. The lowest BCUT2D eigenvalue weighted by molar-refractivity contribution is -0.218. The van der Waals surface area contributed by atoms with E-state index in [0.717, 1.165) is 45.8 Å². The standard InChI is InChI=1S/C28H37N3O9/c1-29-25(34)30(6-2-4-21(32)37-13-17-8-15-10-19(17)24-23(15)39-24)27(36)31(26(29)35)7-3-5-22(33)38-14-18-9-16-11-28(18)12-20(16)40-28/h15-20,23-24H,2-14H2,1H3. The summed E-state index contributed by atoms with van der Waals surface area (Å²) in [4.78, 5) is 62.9. The Kier molecular flexibility index (Phi) is 6.34. The Balaban J connectivity index is 0.874. The number of hydrogen-bond acceptors (Lipinski definition) is 9. The molecule has 5 bridgehead atoms. The molecular weight excluding hydrogens is 522 g/mol. The SMILES string of the molecule is Cn1c(=O)n(CCCC(=O)OCC2CC3CC2C2OC32)c(=O)n(CCCC(=O)OCC2CC3CC24CC3O4)c1=O. The molecule has 12 heteroatoms. The van der Waals surface area contributed by atoms with Gasteiger partial charge in [0.15, 0.2) is 0 Å². The zero-order chi connectivity index (χ0) is 27.8. The lowest BCUT2D eigenvalue weighted by atomic mass is 9.79. The van der Waals surface area contributed by atoms with Gasteiger partial charge in [0.1, 0.15) is 0 Å². The molecule has 4 heterocycles. The van der Waals surface area contributed by atoms with E-state index in [1.807, 2.05) is 0 Å². The average molecular weight is 560 g/mol. The first-order valence-corrected chi connectivity index (χ1v) is 14.8. The van der Waals surface area contributed by atoms with Crippen molar-refractivity contribution in [2.24, 2.45) is 36.6 Å². The summed E-state index contributed by atoms with van der Waals surface area (Å²) in [6.07, 6.45) is 7.18. The quantitative estimate of drug-likeness (QED) is 0.262. The normalized spacial score (nSPS) is 37.3.